The molecule has 7 heteroatoms. The molecule has 3 aromatic carbocycles. The lowest BCUT2D eigenvalue weighted by Crippen LogP contribution is -2.39. The molecule has 0 aliphatic heterocycles. The van der Waals surface area contributed by atoms with Crippen molar-refractivity contribution in [1.82, 2.24) is 14.7 Å². The lowest BCUT2D eigenvalue weighted by Gasteiger charge is -2.25. The molecule has 1 atom stereocenters. The number of aromatic nitrogens is 2. The largest absolute Gasteiger partial charge is 0.327 e. The van der Waals surface area contributed by atoms with Gasteiger partial charge in [0.25, 0.3) is 0 Å². The number of nitrogens with one attached hydrogen (secondary N) is 1. The van der Waals surface area contributed by atoms with Gasteiger partial charge in [-0.25, -0.2) is 4.68 Å². The summed E-state index contributed by atoms with van der Waals surface area (Å²) < 4.78 is 1.72. The molecular weight excluding hydrogens is 484 g/mol. The van der Waals surface area contributed by atoms with Crippen LogP contribution >= 0.6 is 11.6 Å². The van der Waals surface area contributed by atoms with E-state index in [4.69, 9.17) is 16.7 Å². The fraction of sp³-hybridized carbons (Fsp3) is 0.233. The van der Waals surface area contributed by atoms with Crippen LogP contribution in [0.1, 0.15) is 43.0 Å². The number of anilines is 1. The van der Waals surface area contributed by atoms with Crippen molar-refractivity contribution >= 4 is 29.2 Å². The molecule has 1 unspecified atom stereocenters. The third kappa shape index (κ3) is 6.66. The Kier molecular flexibility index (Phi) is 8.09. The molecule has 6 nitrogen and oxygen atoms in total. The summed E-state index contributed by atoms with van der Waals surface area (Å²) >= 11 is 6.58. The fourth-order valence-corrected chi connectivity index (χ4v) is 4.18. The van der Waals surface area contributed by atoms with Crippen LogP contribution in [0.4, 0.5) is 5.82 Å². The molecule has 190 valence electrons. The van der Waals surface area contributed by atoms with Crippen molar-refractivity contribution in [2.45, 2.75) is 38.1 Å². The number of amides is 2. The molecule has 0 aliphatic carbocycles. The highest BCUT2D eigenvalue weighted by Crippen LogP contribution is 2.27. The normalized spacial score (nSPS) is 12.1. The number of hydrogen-bond acceptors (Lipinski definition) is 3. The van der Waals surface area contributed by atoms with Crippen molar-refractivity contribution < 1.29 is 9.59 Å². The number of carbonyl (C=O) groups excluding carboxylic acids is 2. The van der Waals surface area contributed by atoms with E-state index >= 15 is 0 Å². The zero-order valence-corrected chi connectivity index (χ0v) is 22.0. The number of para-hydroxylation sites is 1. The Bertz CT molecular complexity index is 1330. The van der Waals surface area contributed by atoms with E-state index in [1.165, 1.54) is 4.90 Å². The Morgan fingerprint density at radius 3 is 2.08 bits per heavy atom. The summed E-state index contributed by atoms with van der Waals surface area (Å²) in [6.07, 6.45) is 0. The number of benzene rings is 3. The monoisotopic (exact) mass is 514 g/mol. The zero-order chi connectivity index (χ0) is 26.4. The van der Waals surface area contributed by atoms with E-state index in [0.717, 1.165) is 16.9 Å². The van der Waals surface area contributed by atoms with Gasteiger partial charge in [0.15, 0.2) is 0 Å². The number of rotatable bonds is 8. The summed E-state index contributed by atoms with van der Waals surface area (Å²) in [6, 6.07) is 30.2. The third-order valence-corrected chi connectivity index (χ3v) is 6.36. The van der Waals surface area contributed by atoms with Crippen LogP contribution in [0.5, 0.6) is 0 Å². The van der Waals surface area contributed by atoms with Crippen molar-refractivity contribution in [3.05, 3.63) is 114 Å². The summed E-state index contributed by atoms with van der Waals surface area (Å²) in [5.41, 5.74) is 3.05. The Balaban J connectivity index is 1.59. The molecule has 4 rings (SSSR count). The summed E-state index contributed by atoms with van der Waals surface area (Å²) in [5, 5.41) is 6.83. The lowest BCUT2D eigenvalue weighted by atomic mass is 9.92. The van der Waals surface area contributed by atoms with Gasteiger partial charge in [0.2, 0.25) is 11.8 Å². The van der Waals surface area contributed by atoms with E-state index in [0.29, 0.717) is 11.4 Å². The predicted octanol–water partition coefficient (Wildman–Crippen LogP) is 6.12. The number of carbonyl (C=O) groups is 2. The molecule has 0 saturated carbocycles. The molecule has 37 heavy (non-hydrogen) atoms. The number of alkyl halides is 1. The summed E-state index contributed by atoms with van der Waals surface area (Å²) in [7, 11) is 0. The van der Waals surface area contributed by atoms with Gasteiger partial charge in [0, 0.05) is 18.0 Å². The predicted molar refractivity (Wildman–Crippen MR) is 148 cm³/mol. The number of nitrogens with zero attached hydrogens (tertiary/aromatic N) is 3. The molecule has 0 spiro atoms. The molecule has 1 N–H and O–H groups in total. The molecule has 1 heterocycles. The van der Waals surface area contributed by atoms with Crippen LogP contribution in [0.3, 0.4) is 0 Å². The highest BCUT2D eigenvalue weighted by Gasteiger charge is 2.27. The third-order valence-electron chi connectivity index (χ3n) is 5.92. The van der Waals surface area contributed by atoms with Crippen LogP contribution in [0.15, 0.2) is 97.1 Å². The van der Waals surface area contributed by atoms with E-state index in [1.807, 2.05) is 97.1 Å². The van der Waals surface area contributed by atoms with Crippen LogP contribution in [0, 0.1) is 0 Å². The van der Waals surface area contributed by atoms with E-state index in [2.05, 4.69) is 26.1 Å². The summed E-state index contributed by atoms with van der Waals surface area (Å²) in [5.74, 6) is -0.128. The van der Waals surface area contributed by atoms with E-state index in [-0.39, 0.29) is 30.3 Å². The first kappa shape index (κ1) is 26.2. The summed E-state index contributed by atoms with van der Waals surface area (Å²) in [4.78, 5) is 28.3. The average Bonchev–Trinajstić information content (AvgIpc) is 3.33. The van der Waals surface area contributed by atoms with Crippen molar-refractivity contribution in [1.29, 1.82) is 0 Å². The van der Waals surface area contributed by atoms with Crippen LogP contribution in [-0.4, -0.2) is 33.0 Å². The highest BCUT2D eigenvalue weighted by atomic mass is 35.5. The Morgan fingerprint density at radius 2 is 1.49 bits per heavy atom. The van der Waals surface area contributed by atoms with Gasteiger partial charge in [0.1, 0.15) is 17.7 Å². The fourth-order valence-electron chi connectivity index (χ4n) is 3.90. The minimum Gasteiger partial charge on any atom is -0.327 e. The molecule has 2 amide bonds. The molecule has 1 aromatic heterocycles. The maximum atomic E-state index is 13.5. The molecule has 4 aromatic rings. The molecular formula is C30H31ClN4O2. The zero-order valence-electron chi connectivity index (χ0n) is 21.3. The minimum absolute atomic E-state index is 0.158. The summed E-state index contributed by atoms with van der Waals surface area (Å²) in [6.45, 7) is 6.31. The van der Waals surface area contributed by atoms with Crippen molar-refractivity contribution in [2.24, 2.45) is 0 Å². The van der Waals surface area contributed by atoms with Crippen molar-refractivity contribution in [3.8, 4) is 5.69 Å². The van der Waals surface area contributed by atoms with Gasteiger partial charge in [-0.15, -0.1) is 11.6 Å². The maximum Gasteiger partial charge on any atom is 0.245 e. The first-order valence-electron chi connectivity index (χ1n) is 12.2. The molecule has 0 radical (unpaired) electrons. The first-order chi connectivity index (χ1) is 17.7. The van der Waals surface area contributed by atoms with Gasteiger partial charge in [0.05, 0.1) is 11.4 Å². The second-order valence-corrected chi connectivity index (χ2v) is 10.3. The highest BCUT2D eigenvalue weighted by molar-refractivity contribution is 6.30. The Morgan fingerprint density at radius 1 is 0.919 bits per heavy atom. The lowest BCUT2D eigenvalue weighted by molar-refractivity contribution is -0.135. The van der Waals surface area contributed by atoms with Crippen LogP contribution in [0.2, 0.25) is 0 Å². The van der Waals surface area contributed by atoms with Crippen molar-refractivity contribution in [2.75, 3.05) is 11.9 Å². The quantitative estimate of drug-likeness (QED) is 0.288. The molecule has 0 bridgehead atoms. The van der Waals surface area contributed by atoms with Gasteiger partial charge in [-0.3, -0.25) is 9.59 Å². The van der Waals surface area contributed by atoms with E-state index < -0.39 is 5.38 Å². The standard InChI is InChI=1S/C30H31ClN4O2/c1-30(2,3)25-19-26(35(33-25)24-17-11-6-12-18-24)32-27(36)21-34(20-22-13-7-4-8-14-22)29(37)28(31)23-15-9-5-10-16-23/h4-19,28H,20-21H2,1-3H3,(H,32,36). The number of halogens is 1. The second-order valence-electron chi connectivity index (χ2n) is 9.91. The maximum absolute atomic E-state index is 13.5. The van der Waals surface area contributed by atoms with Crippen molar-refractivity contribution in [3.63, 3.8) is 0 Å². The molecule has 0 aliphatic rings. The average molecular weight is 515 g/mol. The van der Waals surface area contributed by atoms with Gasteiger partial charge in [-0.1, -0.05) is 99.6 Å². The Labute approximate surface area is 222 Å². The minimum atomic E-state index is -0.903. The van der Waals surface area contributed by atoms with Gasteiger partial charge in [-0.2, -0.15) is 5.10 Å². The van der Waals surface area contributed by atoms with E-state index in [9.17, 15) is 9.59 Å². The topological polar surface area (TPSA) is 67.2 Å². The molecule has 0 saturated heterocycles. The Hall–Kier alpha value is -3.90. The van der Waals surface area contributed by atoms with Gasteiger partial charge < -0.3 is 10.2 Å². The smallest absolute Gasteiger partial charge is 0.245 e. The van der Waals surface area contributed by atoms with Gasteiger partial charge in [-0.05, 0) is 23.3 Å². The SMILES string of the molecule is CC(C)(C)c1cc(NC(=O)CN(Cc2ccccc2)C(=O)C(Cl)c2ccccc2)n(-c2ccccc2)n1. The number of hydrogen-bond donors (Lipinski definition) is 1. The van der Waals surface area contributed by atoms with Crippen LogP contribution in [-0.2, 0) is 21.5 Å². The molecule has 0 fully saturated rings. The van der Waals surface area contributed by atoms with Crippen LogP contribution in [0.25, 0.3) is 5.69 Å². The van der Waals surface area contributed by atoms with E-state index in [1.54, 1.807) is 4.68 Å². The van der Waals surface area contributed by atoms with Crippen LogP contribution < -0.4 is 5.32 Å². The van der Waals surface area contributed by atoms with Gasteiger partial charge >= 0.3 is 0 Å². The second kappa shape index (κ2) is 11.4. The first-order valence-corrected chi connectivity index (χ1v) is 12.6.